The van der Waals surface area contributed by atoms with Gasteiger partial charge in [-0.05, 0) is 37.6 Å². The van der Waals surface area contributed by atoms with Crippen molar-refractivity contribution in [3.05, 3.63) is 41.8 Å². The largest absolute Gasteiger partial charge is 0.365 e. The van der Waals surface area contributed by atoms with E-state index in [0.29, 0.717) is 23.0 Å². The van der Waals surface area contributed by atoms with Gasteiger partial charge in [-0.25, -0.2) is 18.2 Å². The minimum absolute atomic E-state index is 0.0562. The summed E-state index contributed by atoms with van der Waals surface area (Å²) in [7, 11) is 0. The molecular weight excluding hydrogens is 423 g/mol. The first kappa shape index (κ1) is 23.3. The summed E-state index contributed by atoms with van der Waals surface area (Å²) in [5.41, 5.74) is 12.3. The van der Waals surface area contributed by atoms with Crippen LogP contribution in [0, 0.1) is 5.82 Å². The highest BCUT2D eigenvalue weighted by Crippen LogP contribution is 2.27. The van der Waals surface area contributed by atoms with Gasteiger partial charge >= 0.3 is 0 Å². The number of nitrogens with one attached hydrogen (secondary N) is 2. The number of halogens is 3. The third-order valence-corrected chi connectivity index (χ3v) is 5.01. The molecule has 0 aliphatic carbocycles. The summed E-state index contributed by atoms with van der Waals surface area (Å²) in [5, 5.41) is 10.5. The maximum atomic E-state index is 14.6. The third kappa shape index (κ3) is 5.28. The molecule has 2 aromatic heterocycles. The van der Waals surface area contributed by atoms with Crippen molar-refractivity contribution in [3.63, 3.8) is 0 Å². The molecule has 1 amide bonds. The number of nitrogens with two attached hydrogens (primary N) is 2. The topological polar surface area (TPSA) is 124 Å². The van der Waals surface area contributed by atoms with Crippen LogP contribution in [0.2, 0.25) is 0 Å². The highest BCUT2D eigenvalue weighted by molar-refractivity contribution is 5.99. The molecule has 2 atom stereocenters. The van der Waals surface area contributed by atoms with Crippen molar-refractivity contribution in [2.75, 3.05) is 10.6 Å². The van der Waals surface area contributed by atoms with Crippen LogP contribution < -0.4 is 22.1 Å². The fourth-order valence-corrected chi connectivity index (χ4v) is 3.40. The molecule has 3 rings (SSSR count). The van der Waals surface area contributed by atoms with Crippen molar-refractivity contribution in [1.29, 1.82) is 0 Å². The van der Waals surface area contributed by atoms with Crippen LogP contribution in [0.5, 0.6) is 0 Å². The van der Waals surface area contributed by atoms with E-state index in [2.05, 4.69) is 20.7 Å². The van der Waals surface area contributed by atoms with Crippen molar-refractivity contribution in [1.82, 2.24) is 14.8 Å². The van der Waals surface area contributed by atoms with E-state index in [4.69, 9.17) is 11.5 Å². The van der Waals surface area contributed by atoms with E-state index in [1.807, 2.05) is 13.8 Å². The molecule has 3 aromatic rings. The molecule has 0 saturated carbocycles. The van der Waals surface area contributed by atoms with Crippen LogP contribution in [-0.4, -0.2) is 39.2 Å². The number of carbonyl (C=O) groups is 1. The van der Waals surface area contributed by atoms with Gasteiger partial charge in [0.25, 0.3) is 12.3 Å². The van der Waals surface area contributed by atoms with Crippen molar-refractivity contribution in [2.24, 2.45) is 11.5 Å². The SMILES string of the molecule is CCC[C@@H](Nc1nc(Nc2ccc3c(cnn3CC(F)F)c2)c(C(N)=O)cc1F)[C@H](C)N. The van der Waals surface area contributed by atoms with Crippen LogP contribution in [0.25, 0.3) is 10.9 Å². The molecule has 0 unspecified atom stereocenters. The van der Waals surface area contributed by atoms with E-state index < -0.39 is 24.7 Å². The lowest BCUT2D eigenvalue weighted by molar-refractivity contribution is 0.1000. The number of anilines is 3. The predicted octanol–water partition coefficient (Wildman–Crippen LogP) is 3.61. The van der Waals surface area contributed by atoms with Gasteiger partial charge in [0, 0.05) is 23.2 Å². The molecule has 0 fully saturated rings. The Kier molecular flexibility index (Phi) is 7.18. The first-order valence-electron chi connectivity index (χ1n) is 10.2. The Morgan fingerprint density at radius 3 is 2.62 bits per heavy atom. The average Bonchev–Trinajstić information content (AvgIpc) is 3.10. The van der Waals surface area contributed by atoms with Gasteiger partial charge in [-0.1, -0.05) is 13.3 Å². The molecule has 0 radical (unpaired) electrons. The summed E-state index contributed by atoms with van der Waals surface area (Å²) in [6.45, 7) is 3.28. The zero-order valence-corrected chi connectivity index (χ0v) is 17.8. The zero-order valence-electron chi connectivity index (χ0n) is 17.8. The molecule has 8 nitrogen and oxygen atoms in total. The maximum absolute atomic E-state index is 14.6. The third-order valence-electron chi connectivity index (χ3n) is 5.01. The molecule has 2 heterocycles. The number of fused-ring (bicyclic) bond motifs is 1. The molecule has 11 heteroatoms. The van der Waals surface area contributed by atoms with Gasteiger partial charge < -0.3 is 22.1 Å². The summed E-state index contributed by atoms with van der Waals surface area (Å²) >= 11 is 0. The van der Waals surface area contributed by atoms with Gasteiger partial charge in [0.2, 0.25) is 0 Å². The molecular formula is C21H26F3N7O. The summed E-state index contributed by atoms with van der Waals surface area (Å²) in [4.78, 5) is 16.1. The number of alkyl halides is 2. The Balaban J connectivity index is 1.94. The summed E-state index contributed by atoms with van der Waals surface area (Å²) in [5.74, 6) is -1.58. The van der Waals surface area contributed by atoms with E-state index in [-0.39, 0.29) is 29.3 Å². The Morgan fingerprint density at radius 2 is 2.00 bits per heavy atom. The Hall–Kier alpha value is -3.34. The van der Waals surface area contributed by atoms with Gasteiger partial charge in [0.05, 0.1) is 17.3 Å². The standard InChI is InChI=1S/C21H26F3N7O/c1-3-4-16(11(2)25)29-21-15(22)8-14(19(26)32)20(30-21)28-13-5-6-17-12(7-13)9-27-31(17)10-18(23)24/h5-9,11,16,18H,3-4,10,25H2,1-2H3,(H2,26,32)(H2,28,29,30)/t11-,16+/m0/s1. The second-order valence-corrected chi connectivity index (χ2v) is 7.59. The highest BCUT2D eigenvalue weighted by atomic mass is 19.3. The number of benzene rings is 1. The first-order valence-corrected chi connectivity index (χ1v) is 10.2. The number of hydrogen-bond donors (Lipinski definition) is 4. The van der Waals surface area contributed by atoms with Gasteiger partial charge in [-0.2, -0.15) is 5.10 Å². The van der Waals surface area contributed by atoms with Crippen LogP contribution in [0.1, 0.15) is 37.0 Å². The number of rotatable bonds is 10. The average molecular weight is 449 g/mol. The Morgan fingerprint density at radius 1 is 1.25 bits per heavy atom. The van der Waals surface area contributed by atoms with Crippen molar-refractivity contribution >= 4 is 34.1 Å². The van der Waals surface area contributed by atoms with Gasteiger partial charge in [0.1, 0.15) is 12.4 Å². The number of aromatic nitrogens is 3. The minimum Gasteiger partial charge on any atom is -0.365 e. The normalized spacial score (nSPS) is 13.3. The number of hydrogen-bond acceptors (Lipinski definition) is 6. The van der Waals surface area contributed by atoms with Crippen molar-refractivity contribution in [3.8, 4) is 0 Å². The maximum Gasteiger partial charge on any atom is 0.257 e. The molecule has 0 bridgehead atoms. The van der Waals surface area contributed by atoms with Crippen LogP contribution in [-0.2, 0) is 6.54 Å². The second kappa shape index (κ2) is 9.86. The monoisotopic (exact) mass is 449 g/mol. The van der Waals surface area contributed by atoms with Crippen molar-refractivity contribution < 1.29 is 18.0 Å². The Bertz CT molecular complexity index is 1100. The quantitative estimate of drug-likeness (QED) is 0.375. The van der Waals surface area contributed by atoms with E-state index in [9.17, 15) is 18.0 Å². The summed E-state index contributed by atoms with van der Waals surface area (Å²) < 4.78 is 41.2. The second-order valence-electron chi connectivity index (χ2n) is 7.59. The van der Waals surface area contributed by atoms with Crippen LogP contribution in [0.3, 0.4) is 0 Å². The summed E-state index contributed by atoms with van der Waals surface area (Å²) in [6, 6.07) is 5.45. The molecule has 0 spiro atoms. The lowest BCUT2D eigenvalue weighted by Crippen LogP contribution is -2.38. The predicted molar refractivity (Wildman–Crippen MR) is 118 cm³/mol. The number of pyridine rings is 1. The van der Waals surface area contributed by atoms with Crippen LogP contribution >= 0.6 is 0 Å². The van der Waals surface area contributed by atoms with E-state index in [0.717, 1.165) is 12.5 Å². The molecule has 32 heavy (non-hydrogen) atoms. The molecule has 172 valence electrons. The number of nitrogens with zero attached hydrogens (tertiary/aromatic N) is 3. The van der Waals surface area contributed by atoms with Gasteiger partial charge in [-0.15, -0.1) is 0 Å². The number of primary amides is 1. The van der Waals surface area contributed by atoms with Gasteiger partial charge in [0.15, 0.2) is 11.6 Å². The molecule has 0 aliphatic heterocycles. The Labute approximate surface area is 183 Å². The highest BCUT2D eigenvalue weighted by Gasteiger charge is 2.20. The van der Waals surface area contributed by atoms with E-state index in [1.54, 1.807) is 18.2 Å². The fourth-order valence-electron chi connectivity index (χ4n) is 3.40. The van der Waals surface area contributed by atoms with Crippen molar-refractivity contribution in [2.45, 2.75) is 51.7 Å². The van der Waals surface area contributed by atoms with Crippen LogP contribution in [0.15, 0.2) is 30.5 Å². The lowest BCUT2D eigenvalue weighted by atomic mass is 10.1. The molecule has 6 N–H and O–H groups in total. The van der Waals surface area contributed by atoms with Crippen LogP contribution in [0.4, 0.5) is 30.5 Å². The summed E-state index contributed by atoms with van der Waals surface area (Å²) in [6.07, 6.45) is 0.473. The number of amides is 1. The molecule has 0 aliphatic rings. The first-order chi connectivity index (χ1) is 15.2. The van der Waals surface area contributed by atoms with E-state index >= 15 is 0 Å². The van der Waals surface area contributed by atoms with E-state index in [1.165, 1.54) is 10.9 Å². The minimum atomic E-state index is -2.53. The molecule has 1 aromatic carbocycles. The zero-order chi connectivity index (χ0) is 23.4. The lowest BCUT2D eigenvalue weighted by Gasteiger charge is -2.23. The van der Waals surface area contributed by atoms with Gasteiger partial charge in [-0.3, -0.25) is 9.48 Å². The fraction of sp³-hybridized carbons (Fsp3) is 0.381. The molecule has 0 saturated heterocycles. The number of carbonyl (C=O) groups excluding carboxylic acids is 1. The smallest absolute Gasteiger partial charge is 0.257 e.